The van der Waals surface area contributed by atoms with Crippen LogP contribution in [0, 0.1) is 6.92 Å². The first-order valence-electron chi connectivity index (χ1n) is 5.33. The number of rotatable bonds is 4. The highest BCUT2D eigenvalue weighted by Crippen LogP contribution is 2.19. The lowest BCUT2D eigenvalue weighted by molar-refractivity contribution is -0.119. The number of ketones is 1. The smallest absolute Gasteiger partial charge is 0.139 e. The number of hydrogen-bond acceptors (Lipinski definition) is 2. The van der Waals surface area contributed by atoms with Crippen LogP contribution in [0.4, 0.5) is 0 Å². The van der Waals surface area contributed by atoms with Crippen molar-refractivity contribution in [2.75, 3.05) is 0 Å². The second-order valence-corrected chi connectivity index (χ2v) is 5.38. The zero-order valence-electron chi connectivity index (χ0n) is 10.0. The van der Waals surface area contributed by atoms with Gasteiger partial charge >= 0.3 is 0 Å². The summed E-state index contributed by atoms with van der Waals surface area (Å²) in [6.45, 7) is 5.67. The van der Waals surface area contributed by atoms with Crippen molar-refractivity contribution in [3.63, 3.8) is 0 Å². The van der Waals surface area contributed by atoms with Crippen LogP contribution < -0.4 is 5.73 Å². The van der Waals surface area contributed by atoms with Crippen LogP contribution in [0.1, 0.15) is 31.4 Å². The van der Waals surface area contributed by atoms with Crippen molar-refractivity contribution in [3.8, 4) is 0 Å². The maximum atomic E-state index is 11.7. The van der Waals surface area contributed by atoms with Crippen LogP contribution in [0.5, 0.6) is 0 Å². The Morgan fingerprint density at radius 1 is 1.44 bits per heavy atom. The van der Waals surface area contributed by atoms with Crippen molar-refractivity contribution in [1.82, 2.24) is 0 Å². The van der Waals surface area contributed by atoms with Crippen LogP contribution in [-0.2, 0) is 11.2 Å². The number of carbonyl (C=O) groups excluding carboxylic acids is 1. The second kappa shape index (κ2) is 4.98. The fourth-order valence-corrected chi connectivity index (χ4v) is 1.88. The summed E-state index contributed by atoms with van der Waals surface area (Å²) in [5, 5.41) is 0.656. The van der Waals surface area contributed by atoms with E-state index in [4.69, 9.17) is 17.3 Å². The Labute approximate surface area is 102 Å². The van der Waals surface area contributed by atoms with Gasteiger partial charge in [-0.15, -0.1) is 0 Å². The number of carbonyl (C=O) groups is 1. The zero-order chi connectivity index (χ0) is 12.3. The molecular weight excluding hydrogens is 222 g/mol. The third-order valence-electron chi connectivity index (χ3n) is 2.25. The van der Waals surface area contributed by atoms with E-state index in [1.54, 1.807) is 0 Å². The van der Waals surface area contributed by atoms with E-state index in [0.29, 0.717) is 17.9 Å². The van der Waals surface area contributed by atoms with Crippen LogP contribution in [0.25, 0.3) is 0 Å². The minimum atomic E-state index is -0.450. The normalized spacial score (nSPS) is 11.6. The predicted octanol–water partition coefficient (Wildman–Crippen LogP) is 2.89. The summed E-state index contributed by atoms with van der Waals surface area (Å²) in [7, 11) is 0. The molecule has 0 saturated heterocycles. The van der Waals surface area contributed by atoms with Crippen molar-refractivity contribution in [3.05, 3.63) is 34.3 Å². The molecule has 0 bridgehead atoms. The molecule has 1 aromatic carbocycles. The summed E-state index contributed by atoms with van der Waals surface area (Å²) in [5.74, 6) is 0.123. The number of halogens is 1. The van der Waals surface area contributed by atoms with Gasteiger partial charge in [0.15, 0.2) is 0 Å². The first-order chi connectivity index (χ1) is 7.28. The Hall–Kier alpha value is -0.860. The minimum Gasteiger partial charge on any atom is -0.325 e. The number of benzene rings is 1. The van der Waals surface area contributed by atoms with Gasteiger partial charge in [-0.25, -0.2) is 0 Å². The maximum absolute atomic E-state index is 11.7. The molecule has 0 atom stereocenters. The molecule has 1 rings (SSSR count). The Kier molecular flexibility index (Phi) is 4.11. The zero-order valence-corrected chi connectivity index (χ0v) is 10.8. The predicted molar refractivity (Wildman–Crippen MR) is 67.8 cm³/mol. The molecule has 2 nitrogen and oxygen atoms in total. The summed E-state index contributed by atoms with van der Waals surface area (Å²) >= 11 is 6.06. The topological polar surface area (TPSA) is 43.1 Å². The monoisotopic (exact) mass is 239 g/mol. The Balaban J connectivity index is 2.70. The Morgan fingerprint density at radius 3 is 2.56 bits per heavy atom. The summed E-state index contributed by atoms with van der Waals surface area (Å²) in [6.07, 6.45) is 0.733. The largest absolute Gasteiger partial charge is 0.325 e. The molecule has 0 spiro atoms. The highest BCUT2D eigenvalue weighted by Gasteiger charge is 2.17. The number of aryl methyl sites for hydroxylation is 1. The summed E-state index contributed by atoms with van der Waals surface area (Å²) in [6, 6.07) is 5.74. The molecule has 0 aliphatic rings. The lowest BCUT2D eigenvalue weighted by Crippen LogP contribution is -2.35. The van der Waals surface area contributed by atoms with Crippen molar-refractivity contribution in [1.29, 1.82) is 0 Å². The lowest BCUT2D eigenvalue weighted by atomic mass is 9.95. The van der Waals surface area contributed by atoms with Gasteiger partial charge in [0.25, 0.3) is 0 Å². The van der Waals surface area contributed by atoms with Crippen LogP contribution in [0.15, 0.2) is 18.2 Å². The summed E-state index contributed by atoms with van der Waals surface area (Å²) in [4.78, 5) is 11.7. The van der Waals surface area contributed by atoms with Gasteiger partial charge in [-0.1, -0.05) is 23.7 Å². The third-order valence-corrected chi connectivity index (χ3v) is 2.60. The van der Waals surface area contributed by atoms with Crippen molar-refractivity contribution in [2.45, 2.75) is 39.2 Å². The van der Waals surface area contributed by atoms with E-state index in [0.717, 1.165) is 11.1 Å². The molecule has 0 aliphatic carbocycles. The maximum Gasteiger partial charge on any atom is 0.139 e. The Morgan fingerprint density at radius 2 is 2.06 bits per heavy atom. The van der Waals surface area contributed by atoms with E-state index >= 15 is 0 Å². The fraction of sp³-hybridized carbons (Fsp3) is 0.462. The molecule has 16 heavy (non-hydrogen) atoms. The minimum absolute atomic E-state index is 0.123. The van der Waals surface area contributed by atoms with Crippen LogP contribution in [0.2, 0.25) is 5.02 Å². The molecule has 0 radical (unpaired) electrons. The molecule has 0 amide bonds. The Bertz CT molecular complexity index is 393. The highest BCUT2D eigenvalue weighted by molar-refractivity contribution is 6.31. The molecule has 3 heteroatoms. The molecule has 0 aromatic heterocycles. The van der Waals surface area contributed by atoms with Crippen LogP contribution >= 0.6 is 11.6 Å². The van der Waals surface area contributed by atoms with Gasteiger partial charge in [0, 0.05) is 23.4 Å². The average Bonchev–Trinajstić information content (AvgIpc) is 2.06. The van der Waals surface area contributed by atoms with E-state index in [1.807, 2.05) is 39.0 Å². The number of nitrogens with two attached hydrogens (primary N) is 1. The van der Waals surface area contributed by atoms with Gasteiger partial charge < -0.3 is 5.73 Å². The van der Waals surface area contributed by atoms with Crippen LogP contribution in [-0.4, -0.2) is 11.3 Å². The summed E-state index contributed by atoms with van der Waals surface area (Å²) in [5.41, 5.74) is 7.32. The molecular formula is C13H18ClNO. The number of hydrogen-bond donors (Lipinski definition) is 1. The first-order valence-corrected chi connectivity index (χ1v) is 5.71. The molecule has 0 saturated carbocycles. The second-order valence-electron chi connectivity index (χ2n) is 4.98. The van der Waals surface area contributed by atoms with E-state index in [9.17, 15) is 4.79 Å². The molecule has 0 fully saturated rings. The van der Waals surface area contributed by atoms with Crippen molar-refractivity contribution < 1.29 is 4.79 Å². The third kappa shape index (κ3) is 4.33. The molecule has 0 heterocycles. The van der Waals surface area contributed by atoms with Gasteiger partial charge in [0.2, 0.25) is 0 Å². The lowest BCUT2D eigenvalue weighted by Gasteiger charge is -2.17. The van der Waals surface area contributed by atoms with Crippen molar-refractivity contribution in [2.24, 2.45) is 5.73 Å². The molecule has 0 aliphatic heterocycles. The fourth-order valence-electron chi connectivity index (χ4n) is 1.58. The van der Waals surface area contributed by atoms with Gasteiger partial charge in [0.1, 0.15) is 5.78 Å². The van der Waals surface area contributed by atoms with Gasteiger partial charge in [-0.2, -0.15) is 0 Å². The molecule has 0 unspecified atom stereocenters. The molecule has 88 valence electrons. The first kappa shape index (κ1) is 13.2. The van der Waals surface area contributed by atoms with Gasteiger partial charge in [-0.05, 0) is 38.0 Å². The SMILES string of the molecule is Cc1ccc(CC(=O)CC(C)(C)N)c(Cl)c1. The molecule has 1 aromatic rings. The van der Waals surface area contributed by atoms with Gasteiger partial charge in [0.05, 0.1) is 0 Å². The number of Topliss-reactive ketones (excluding diaryl/α,β-unsaturated/α-hetero) is 1. The summed E-state index contributed by atoms with van der Waals surface area (Å²) < 4.78 is 0. The highest BCUT2D eigenvalue weighted by atomic mass is 35.5. The quantitative estimate of drug-likeness (QED) is 0.878. The van der Waals surface area contributed by atoms with E-state index in [-0.39, 0.29) is 5.78 Å². The molecule has 2 N–H and O–H groups in total. The van der Waals surface area contributed by atoms with E-state index < -0.39 is 5.54 Å². The van der Waals surface area contributed by atoms with Gasteiger partial charge in [-0.3, -0.25) is 4.79 Å². The van der Waals surface area contributed by atoms with Crippen molar-refractivity contribution >= 4 is 17.4 Å². The van der Waals surface area contributed by atoms with E-state index in [1.165, 1.54) is 0 Å². The van der Waals surface area contributed by atoms with E-state index in [2.05, 4.69) is 0 Å². The average molecular weight is 240 g/mol. The standard InChI is InChI=1S/C13H18ClNO/c1-9-4-5-10(12(14)6-9)7-11(16)8-13(2,3)15/h4-6H,7-8,15H2,1-3H3. The van der Waals surface area contributed by atoms with Crippen LogP contribution in [0.3, 0.4) is 0 Å².